The zero-order valence-electron chi connectivity index (χ0n) is 8.56. The second-order valence-corrected chi connectivity index (χ2v) is 3.99. The number of hydrogen-bond donors (Lipinski definition) is 3. The van der Waals surface area contributed by atoms with Crippen LogP contribution in [0.5, 0.6) is 0 Å². The molecule has 0 radical (unpaired) electrons. The summed E-state index contributed by atoms with van der Waals surface area (Å²) < 4.78 is 0. The van der Waals surface area contributed by atoms with Gasteiger partial charge in [0, 0.05) is 31.9 Å². The average molecular weight is 208 g/mol. The van der Waals surface area contributed by atoms with E-state index in [0.717, 1.165) is 19.5 Å². The van der Waals surface area contributed by atoms with Crippen LogP contribution in [0, 0.1) is 0 Å². The first-order valence-electron chi connectivity index (χ1n) is 5.45. The van der Waals surface area contributed by atoms with Crippen LogP contribution in [0.25, 0.3) is 0 Å². The van der Waals surface area contributed by atoms with Gasteiger partial charge in [-0.25, -0.2) is 5.43 Å². The molecule has 0 aliphatic carbocycles. The van der Waals surface area contributed by atoms with Crippen LogP contribution in [-0.2, 0) is 0 Å². The third-order valence-electron chi connectivity index (χ3n) is 2.99. The number of rotatable bonds is 2. The van der Waals surface area contributed by atoms with Gasteiger partial charge < -0.3 is 10.9 Å². The van der Waals surface area contributed by atoms with E-state index in [9.17, 15) is 0 Å². The van der Waals surface area contributed by atoms with Crippen molar-refractivity contribution in [3.05, 3.63) is 12.3 Å². The van der Waals surface area contributed by atoms with E-state index in [2.05, 4.69) is 37.7 Å². The molecule has 0 aromatic rings. The van der Waals surface area contributed by atoms with Gasteiger partial charge in [0.1, 0.15) is 0 Å². The first kappa shape index (κ1) is 9.14. The molecule has 0 amide bonds. The molecule has 6 heteroatoms. The predicted molar refractivity (Wildman–Crippen MR) is 57.3 cm³/mol. The molecule has 0 aromatic heterocycles. The molecule has 0 spiro atoms. The maximum absolute atomic E-state index is 4.07. The van der Waals surface area contributed by atoms with Crippen molar-refractivity contribution in [2.75, 3.05) is 13.1 Å². The predicted octanol–water partition coefficient (Wildman–Crippen LogP) is -0.838. The van der Waals surface area contributed by atoms with Crippen molar-refractivity contribution < 1.29 is 0 Å². The molecular weight excluding hydrogens is 192 g/mol. The Morgan fingerprint density at radius 1 is 1.40 bits per heavy atom. The van der Waals surface area contributed by atoms with E-state index in [0.29, 0.717) is 12.1 Å². The van der Waals surface area contributed by atoms with E-state index in [1.54, 1.807) is 0 Å². The lowest BCUT2D eigenvalue weighted by Crippen LogP contribution is -2.58. The van der Waals surface area contributed by atoms with Crippen LogP contribution in [0.15, 0.2) is 17.4 Å². The summed E-state index contributed by atoms with van der Waals surface area (Å²) in [4.78, 5) is 0. The summed E-state index contributed by atoms with van der Waals surface area (Å²) in [6, 6.07) is 0.705. The SMILES string of the molecule is C1=CC(C2CC=NN2)N(N2CCCN2)N1. The van der Waals surface area contributed by atoms with Gasteiger partial charge in [0.15, 0.2) is 0 Å². The normalized spacial score (nSPS) is 36.0. The molecule has 3 N–H and O–H groups in total. The van der Waals surface area contributed by atoms with Crippen molar-refractivity contribution in [1.29, 1.82) is 0 Å². The highest BCUT2D eigenvalue weighted by Crippen LogP contribution is 2.17. The molecule has 2 unspecified atom stereocenters. The van der Waals surface area contributed by atoms with Crippen molar-refractivity contribution in [3.8, 4) is 0 Å². The van der Waals surface area contributed by atoms with Crippen LogP contribution in [0.2, 0.25) is 0 Å². The molecule has 0 saturated carbocycles. The van der Waals surface area contributed by atoms with Crippen molar-refractivity contribution in [3.63, 3.8) is 0 Å². The second kappa shape index (κ2) is 3.80. The third kappa shape index (κ3) is 1.60. The van der Waals surface area contributed by atoms with Gasteiger partial charge in [-0.2, -0.15) is 10.2 Å². The topological polar surface area (TPSA) is 54.9 Å². The van der Waals surface area contributed by atoms with E-state index in [1.165, 1.54) is 6.42 Å². The van der Waals surface area contributed by atoms with Crippen LogP contribution >= 0.6 is 0 Å². The summed E-state index contributed by atoms with van der Waals surface area (Å²) >= 11 is 0. The highest BCUT2D eigenvalue weighted by molar-refractivity contribution is 5.60. The molecule has 1 fully saturated rings. The highest BCUT2D eigenvalue weighted by atomic mass is 15.9. The Labute approximate surface area is 88.9 Å². The van der Waals surface area contributed by atoms with Crippen LogP contribution in [0.3, 0.4) is 0 Å². The van der Waals surface area contributed by atoms with Gasteiger partial charge in [-0.05, 0) is 12.5 Å². The van der Waals surface area contributed by atoms with Gasteiger partial charge in [0.05, 0.1) is 12.1 Å². The molecule has 3 aliphatic rings. The molecule has 0 bridgehead atoms. The fourth-order valence-electron chi connectivity index (χ4n) is 2.20. The fraction of sp³-hybridized carbons (Fsp3) is 0.667. The first-order chi connectivity index (χ1) is 7.45. The van der Waals surface area contributed by atoms with E-state index < -0.39 is 0 Å². The molecule has 82 valence electrons. The van der Waals surface area contributed by atoms with Crippen LogP contribution in [0.1, 0.15) is 12.8 Å². The number of hydrogen-bond acceptors (Lipinski definition) is 6. The Kier molecular flexibility index (Phi) is 2.32. The van der Waals surface area contributed by atoms with E-state index in [-0.39, 0.29) is 0 Å². The Morgan fingerprint density at radius 2 is 2.40 bits per heavy atom. The first-order valence-corrected chi connectivity index (χ1v) is 5.45. The molecular formula is C9H16N6. The largest absolute Gasteiger partial charge is 0.311 e. The Hall–Kier alpha value is -1.11. The summed E-state index contributed by atoms with van der Waals surface area (Å²) in [5.41, 5.74) is 9.72. The Balaban J connectivity index is 1.67. The van der Waals surface area contributed by atoms with Gasteiger partial charge in [0.25, 0.3) is 0 Å². The lowest BCUT2D eigenvalue weighted by atomic mass is 10.1. The van der Waals surface area contributed by atoms with Gasteiger partial charge in [0.2, 0.25) is 0 Å². The number of nitrogens with one attached hydrogen (secondary N) is 3. The maximum atomic E-state index is 4.07. The number of hydrazine groups is 3. The van der Waals surface area contributed by atoms with E-state index in [1.807, 2.05) is 12.4 Å². The lowest BCUT2D eigenvalue weighted by molar-refractivity contribution is -0.0929. The molecule has 3 heterocycles. The minimum absolute atomic E-state index is 0.332. The van der Waals surface area contributed by atoms with E-state index >= 15 is 0 Å². The molecule has 2 atom stereocenters. The molecule has 6 nitrogen and oxygen atoms in total. The van der Waals surface area contributed by atoms with Gasteiger partial charge in [-0.3, -0.25) is 0 Å². The standard InChI is InChI=1S/C9H16N6/c1-4-11-14(7-1)15-9(3-6-12-15)8-2-5-10-13-8/h3,5-6,8-9,11-13H,1-2,4,7H2. The third-order valence-corrected chi connectivity index (χ3v) is 2.99. The lowest BCUT2D eigenvalue weighted by Gasteiger charge is -2.34. The minimum Gasteiger partial charge on any atom is -0.311 e. The maximum Gasteiger partial charge on any atom is 0.0884 e. The van der Waals surface area contributed by atoms with Crippen LogP contribution < -0.4 is 16.3 Å². The quantitative estimate of drug-likeness (QED) is 0.552. The summed E-state index contributed by atoms with van der Waals surface area (Å²) in [6.45, 7) is 2.11. The number of hydrazone groups is 1. The highest BCUT2D eigenvalue weighted by Gasteiger charge is 2.34. The second-order valence-electron chi connectivity index (χ2n) is 3.99. The molecule has 1 saturated heterocycles. The minimum atomic E-state index is 0.332. The zero-order valence-corrected chi connectivity index (χ0v) is 8.56. The Morgan fingerprint density at radius 3 is 3.13 bits per heavy atom. The molecule has 15 heavy (non-hydrogen) atoms. The van der Waals surface area contributed by atoms with Crippen molar-refractivity contribution in [2.24, 2.45) is 5.10 Å². The fourth-order valence-corrected chi connectivity index (χ4v) is 2.20. The zero-order chi connectivity index (χ0) is 10.1. The monoisotopic (exact) mass is 208 g/mol. The van der Waals surface area contributed by atoms with E-state index in [4.69, 9.17) is 0 Å². The summed E-state index contributed by atoms with van der Waals surface area (Å²) in [6.07, 6.45) is 8.28. The van der Waals surface area contributed by atoms with Crippen LogP contribution in [-0.4, -0.2) is 41.6 Å². The van der Waals surface area contributed by atoms with Crippen LogP contribution in [0.4, 0.5) is 0 Å². The molecule has 0 aromatic carbocycles. The molecule has 3 rings (SSSR count). The van der Waals surface area contributed by atoms with Crippen molar-refractivity contribution in [2.45, 2.75) is 24.9 Å². The summed E-state index contributed by atoms with van der Waals surface area (Å²) in [5.74, 6) is 0. The summed E-state index contributed by atoms with van der Waals surface area (Å²) in [7, 11) is 0. The number of nitrogens with zero attached hydrogens (tertiary/aromatic N) is 3. The smallest absolute Gasteiger partial charge is 0.0884 e. The summed E-state index contributed by atoms with van der Waals surface area (Å²) in [5, 5.41) is 8.35. The van der Waals surface area contributed by atoms with Crippen molar-refractivity contribution >= 4 is 6.21 Å². The van der Waals surface area contributed by atoms with Gasteiger partial charge >= 0.3 is 0 Å². The molecule has 3 aliphatic heterocycles. The van der Waals surface area contributed by atoms with Gasteiger partial charge in [-0.15, -0.1) is 5.12 Å². The van der Waals surface area contributed by atoms with Crippen molar-refractivity contribution in [1.82, 2.24) is 26.5 Å². The average Bonchev–Trinajstić information content (AvgIpc) is 3.01. The Bertz CT molecular complexity index is 274. The van der Waals surface area contributed by atoms with Gasteiger partial charge in [-0.1, -0.05) is 0 Å².